The van der Waals surface area contributed by atoms with Crippen LogP contribution in [0.2, 0.25) is 0 Å². The lowest BCUT2D eigenvalue weighted by molar-refractivity contribution is 1.17. The van der Waals surface area contributed by atoms with Crippen LogP contribution in [0.3, 0.4) is 0 Å². The maximum atomic E-state index is 9.55. The minimum atomic E-state index is 0.570. The van der Waals surface area contributed by atoms with Crippen molar-refractivity contribution in [2.45, 2.75) is 0 Å². The van der Waals surface area contributed by atoms with Crippen LogP contribution < -0.4 is 9.80 Å². The Hall–Kier alpha value is -5.66. The predicted octanol–water partition coefficient (Wildman–Crippen LogP) is 9.54. The molecule has 0 amide bonds. The second-order valence-corrected chi connectivity index (χ2v) is 9.61. The van der Waals surface area contributed by atoms with E-state index in [2.05, 4.69) is 148 Å². The third-order valence-electron chi connectivity index (χ3n) is 7.33. The van der Waals surface area contributed by atoms with E-state index in [0.29, 0.717) is 5.56 Å². The highest BCUT2D eigenvalue weighted by molar-refractivity contribution is 6.03. The Morgan fingerprint density at radius 1 is 0.475 bits per heavy atom. The number of hydrogen-bond donors (Lipinski definition) is 0. The van der Waals surface area contributed by atoms with Crippen molar-refractivity contribution in [3.05, 3.63) is 151 Å². The van der Waals surface area contributed by atoms with E-state index in [9.17, 15) is 5.26 Å². The highest BCUT2D eigenvalue weighted by Crippen LogP contribution is 2.55. The molecule has 0 saturated heterocycles. The van der Waals surface area contributed by atoms with E-state index in [1.54, 1.807) is 12.4 Å². The van der Waals surface area contributed by atoms with Gasteiger partial charge in [-0.15, -0.1) is 0 Å². The number of aromatic nitrogens is 1. The van der Waals surface area contributed by atoms with Gasteiger partial charge in [-0.05, 0) is 59.7 Å². The van der Waals surface area contributed by atoms with Crippen LogP contribution in [-0.2, 0) is 0 Å². The summed E-state index contributed by atoms with van der Waals surface area (Å²) in [5.74, 6) is 0. The van der Waals surface area contributed by atoms with Crippen LogP contribution in [0.15, 0.2) is 146 Å². The molecule has 5 aromatic carbocycles. The number of anilines is 6. The summed E-state index contributed by atoms with van der Waals surface area (Å²) in [4.78, 5) is 8.80. The Morgan fingerprint density at radius 2 is 0.975 bits per heavy atom. The Morgan fingerprint density at radius 3 is 1.57 bits per heavy atom. The van der Waals surface area contributed by atoms with Gasteiger partial charge in [0.05, 0.1) is 34.0 Å². The summed E-state index contributed by atoms with van der Waals surface area (Å²) in [5.41, 5.74) is 11.4. The zero-order chi connectivity index (χ0) is 26.9. The molecule has 1 aliphatic rings. The number of fused-ring (bicyclic) bond motifs is 2. The fourth-order valence-corrected chi connectivity index (χ4v) is 5.54. The Kier molecular flexibility index (Phi) is 5.81. The van der Waals surface area contributed by atoms with Crippen molar-refractivity contribution in [2.75, 3.05) is 9.80 Å². The number of para-hydroxylation sites is 6. The Balaban J connectivity index is 1.38. The van der Waals surface area contributed by atoms with Gasteiger partial charge < -0.3 is 9.80 Å². The smallest absolute Gasteiger partial charge is 0.101 e. The molecule has 0 atom stereocenters. The predicted molar refractivity (Wildman–Crippen MR) is 163 cm³/mol. The standard InChI is InChI=1S/C36H24N4/c37-24-28-25-38-23-22-30(28)26-18-20-27(21-19-26)31-12-4-5-13-32(31)40-35-16-8-6-14-33(35)39(29-10-2-1-3-11-29)34-15-7-9-17-36(34)40/h1-23,25H. The van der Waals surface area contributed by atoms with E-state index in [4.69, 9.17) is 0 Å². The molecule has 0 saturated carbocycles. The average Bonchev–Trinajstić information content (AvgIpc) is 3.04. The minimum Gasteiger partial charge on any atom is -0.306 e. The maximum Gasteiger partial charge on any atom is 0.101 e. The molecule has 4 nitrogen and oxygen atoms in total. The molecular weight excluding hydrogens is 488 g/mol. The van der Waals surface area contributed by atoms with Crippen molar-refractivity contribution in [3.8, 4) is 28.3 Å². The summed E-state index contributed by atoms with van der Waals surface area (Å²) in [7, 11) is 0. The Bertz CT molecular complexity index is 1820. The molecule has 4 heteroatoms. The van der Waals surface area contributed by atoms with E-state index >= 15 is 0 Å². The molecule has 0 unspecified atom stereocenters. The van der Waals surface area contributed by atoms with Crippen LogP contribution in [0.1, 0.15) is 5.56 Å². The third-order valence-corrected chi connectivity index (χ3v) is 7.33. The van der Waals surface area contributed by atoms with Crippen molar-refractivity contribution in [3.63, 3.8) is 0 Å². The highest BCUT2D eigenvalue weighted by Gasteiger charge is 2.31. The molecule has 0 radical (unpaired) electrons. The van der Waals surface area contributed by atoms with E-state index in [1.165, 1.54) is 0 Å². The first kappa shape index (κ1) is 23.5. The molecule has 0 bridgehead atoms. The molecule has 0 N–H and O–H groups in total. The SMILES string of the molecule is N#Cc1cnccc1-c1ccc(-c2ccccc2N2c3ccccc3N(c3ccccc3)c3ccccc32)cc1. The van der Waals surface area contributed by atoms with Gasteiger partial charge in [0.1, 0.15) is 6.07 Å². The molecule has 1 aliphatic heterocycles. The second kappa shape index (κ2) is 9.90. The largest absolute Gasteiger partial charge is 0.306 e. The van der Waals surface area contributed by atoms with E-state index < -0.39 is 0 Å². The number of nitriles is 1. The van der Waals surface area contributed by atoms with Crippen LogP contribution in [0, 0.1) is 11.3 Å². The fourth-order valence-electron chi connectivity index (χ4n) is 5.54. The monoisotopic (exact) mass is 512 g/mol. The number of hydrogen-bond acceptors (Lipinski definition) is 4. The highest BCUT2D eigenvalue weighted by atomic mass is 15.3. The third kappa shape index (κ3) is 3.89. The molecule has 6 aromatic rings. The second-order valence-electron chi connectivity index (χ2n) is 9.61. The van der Waals surface area contributed by atoms with Crippen molar-refractivity contribution in [1.82, 2.24) is 4.98 Å². The first-order valence-corrected chi connectivity index (χ1v) is 13.2. The summed E-state index contributed by atoms with van der Waals surface area (Å²) < 4.78 is 0. The van der Waals surface area contributed by atoms with Crippen LogP contribution in [0.25, 0.3) is 22.3 Å². The van der Waals surface area contributed by atoms with Gasteiger partial charge in [-0.25, -0.2) is 0 Å². The van der Waals surface area contributed by atoms with Crippen molar-refractivity contribution < 1.29 is 0 Å². The molecule has 1 aromatic heterocycles. The van der Waals surface area contributed by atoms with Crippen molar-refractivity contribution >= 4 is 34.1 Å². The van der Waals surface area contributed by atoms with Gasteiger partial charge in [-0.3, -0.25) is 4.98 Å². The molecule has 2 heterocycles. The van der Waals surface area contributed by atoms with Crippen LogP contribution in [0.4, 0.5) is 34.1 Å². The summed E-state index contributed by atoms with van der Waals surface area (Å²) in [6, 6.07) is 48.8. The first-order valence-electron chi connectivity index (χ1n) is 13.2. The quantitative estimate of drug-likeness (QED) is 0.235. The Labute approximate surface area is 233 Å². The lowest BCUT2D eigenvalue weighted by Crippen LogP contribution is -2.24. The lowest BCUT2D eigenvalue weighted by atomic mass is 9.96. The molecular formula is C36H24N4. The van der Waals surface area contributed by atoms with Gasteiger partial charge in [0.2, 0.25) is 0 Å². The average molecular weight is 513 g/mol. The minimum absolute atomic E-state index is 0.570. The van der Waals surface area contributed by atoms with Gasteiger partial charge in [0.15, 0.2) is 0 Å². The van der Waals surface area contributed by atoms with E-state index in [0.717, 1.165) is 56.4 Å². The summed E-state index contributed by atoms with van der Waals surface area (Å²) in [6.45, 7) is 0. The van der Waals surface area contributed by atoms with Gasteiger partial charge in [-0.2, -0.15) is 5.26 Å². The zero-order valence-corrected chi connectivity index (χ0v) is 21.6. The van der Waals surface area contributed by atoms with Gasteiger partial charge >= 0.3 is 0 Å². The van der Waals surface area contributed by atoms with E-state index in [-0.39, 0.29) is 0 Å². The number of nitrogens with zero attached hydrogens (tertiary/aromatic N) is 4. The van der Waals surface area contributed by atoms with Crippen molar-refractivity contribution in [2.24, 2.45) is 0 Å². The number of rotatable bonds is 4. The van der Waals surface area contributed by atoms with Gasteiger partial charge in [0, 0.05) is 29.2 Å². The molecule has 0 aliphatic carbocycles. The van der Waals surface area contributed by atoms with Gasteiger partial charge in [0.25, 0.3) is 0 Å². The molecule has 188 valence electrons. The fraction of sp³-hybridized carbons (Fsp3) is 0. The molecule has 0 spiro atoms. The van der Waals surface area contributed by atoms with Crippen LogP contribution >= 0.6 is 0 Å². The normalized spacial score (nSPS) is 11.9. The number of pyridine rings is 1. The summed E-state index contributed by atoms with van der Waals surface area (Å²) >= 11 is 0. The van der Waals surface area contributed by atoms with Crippen LogP contribution in [-0.4, -0.2) is 4.98 Å². The first-order chi connectivity index (χ1) is 19.8. The maximum absolute atomic E-state index is 9.55. The lowest BCUT2D eigenvalue weighted by Gasteiger charge is -2.40. The zero-order valence-electron chi connectivity index (χ0n) is 21.6. The van der Waals surface area contributed by atoms with E-state index in [1.807, 2.05) is 6.07 Å². The summed E-state index contributed by atoms with van der Waals surface area (Å²) in [6.07, 6.45) is 3.34. The van der Waals surface area contributed by atoms with Gasteiger partial charge in [-0.1, -0.05) is 84.9 Å². The summed E-state index contributed by atoms with van der Waals surface area (Å²) in [5, 5.41) is 9.55. The number of benzene rings is 5. The van der Waals surface area contributed by atoms with Crippen LogP contribution in [0.5, 0.6) is 0 Å². The molecule has 0 fully saturated rings. The molecule has 7 rings (SSSR count). The molecule has 40 heavy (non-hydrogen) atoms. The topological polar surface area (TPSA) is 43.2 Å². The van der Waals surface area contributed by atoms with Crippen molar-refractivity contribution in [1.29, 1.82) is 5.26 Å².